The molecule has 0 spiro atoms. The van der Waals surface area contributed by atoms with Crippen LogP contribution in [0.4, 0.5) is 0 Å². The van der Waals surface area contributed by atoms with Crippen LogP contribution in [0, 0.1) is 5.92 Å². The molecule has 2 aliphatic rings. The summed E-state index contributed by atoms with van der Waals surface area (Å²) in [4.78, 5) is 7.69. The molecule has 4 heteroatoms. The lowest BCUT2D eigenvalue weighted by Gasteiger charge is -2.12. The zero-order chi connectivity index (χ0) is 10.5. The molecule has 2 heterocycles. The number of oxime groups is 1. The van der Waals surface area contributed by atoms with E-state index in [0.717, 1.165) is 6.54 Å². The number of hydrogen-bond donors (Lipinski definition) is 0. The standard InChI is InChI=1S/C12H18N2O.ClH/c1-2-3-4-5-8-15-13-12-10-14-7-6-11(12)9-14;/h2-5,11H,6-10H2,1H3;1H. The Labute approximate surface area is 103 Å². The van der Waals surface area contributed by atoms with E-state index < -0.39 is 0 Å². The van der Waals surface area contributed by atoms with Gasteiger partial charge in [0.2, 0.25) is 0 Å². The average Bonchev–Trinajstić information content (AvgIpc) is 2.85. The van der Waals surface area contributed by atoms with Gasteiger partial charge in [-0.3, -0.25) is 4.90 Å². The van der Waals surface area contributed by atoms with E-state index in [4.69, 9.17) is 4.84 Å². The second-order valence-corrected chi connectivity index (χ2v) is 4.05. The van der Waals surface area contributed by atoms with Crippen LogP contribution >= 0.6 is 12.4 Å². The monoisotopic (exact) mass is 242 g/mol. The van der Waals surface area contributed by atoms with Gasteiger partial charge in [0.15, 0.2) is 0 Å². The average molecular weight is 243 g/mol. The van der Waals surface area contributed by atoms with Crippen molar-refractivity contribution >= 4 is 18.1 Å². The van der Waals surface area contributed by atoms with Crippen LogP contribution in [0.25, 0.3) is 0 Å². The van der Waals surface area contributed by atoms with Gasteiger partial charge < -0.3 is 4.84 Å². The van der Waals surface area contributed by atoms with E-state index in [2.05, 4.69) is 10.1 Å². The Morgan fingerprint density at radius 2 is 2.38 bits per heavy atom. The van der Waals surface area contributed by atoms with Crippen LogP contribution in [-0.4, -0.2) is 36.9 Å². The number of rotatable bonds is 4. The predicted molar refractivity (Wildman–Crippen MR) is 69.1 cm³/mol. The first-order valence-corrected chi connectivity index (χ1v) is 5.59. The van der Waals surface area contributed by atoms with Crippen LogP contribution in [0.2, 0.25) is 0 Å². The van der Waals surface area contributed by atoms with Crippen molar-refractivity contribution in [2.75, 3.05) is 26.2 Å². The van der Waals surface area contributed by atoms with Crippen LogP contribution in [0.15, 0.2) is 29.5 Å². The Morgan fingerprint density at radius 3 is 3.00 bits per heavy atom. The molecule has 0 saturated carbocycles. The van der Waals surface area contributed by atoms with Crippen molar-refractivity contribution in [3.05, 3.63) is 24.3 Å². The van der Waals surface area contributed by atoms with Crippen molar-refractivity contribution in [1.29, 1.82) is 0 Å². The molecule has 0 aromatic heterocycles. The normalized spacial score (nSPS) is 30.4. The topological polar surface area (TPSA) is 24.8 Å². The number of piperidine rings is 1. The molecule has 0 radical (unpaired) electrons. The van der Waals surface area contributed by atoms with Crippen molar-refractivity contribution in [1.82, 2.24) is 4.90 Å². The summed E-state index contributed by atoms with van der Waals surface area (Å²) in [5.74, 6) is 0.671. The van der Waals surface area contributed by atoms with Crippen molar-refractivity contribution < 1.29 is 4.84 Å². The Balaban J connectivity index is 0.00000128. The quantitative estimate of drug-likeness (QED) is 0.429. The fourth-order valence-corrected chi connectivity index (χ4v) is 2.12. The minimum Gasteiger partial charge on any atom is -0.392 e. The lowest BCUT2D eigenvalue weighted by Crippen LogP contribution is -2.23. The summed E-state index contributed by atoms with van der Waals surface area (Å²) in [6.07, 6.45) is 9.18. The molecule has 2 fully saturated rings. The van der Waals surface area contributed by atoms with Gasteiger partial charge in [-0.25, -0.2) is 0 Å². The van der Waals surface area contributed by atoms with E-state index >= 15 is 0 Å². The maximum atomic E-state index is 5.26. The molecule has 3 nitrogen and oxygen atoms in total. The molecule has 2 saturated heterocycles. The molecule has 0 aromatic carbocycles. The van der Waals surface area contributed by atoms with E-state index in [9.17, 15) is 0 Å². The van der Waals surface area contributed by atoms with Gasteiger partial charge >= 0.3 is 0 Å². The number of halogens is 1. The highest BCUT2D eigenvalue weighted by Crippen LogP contribution is 2.25. The highest BCUT2D eigenvalue weighted by molar-refractivity contribution is 5.91. The van der Waals surface area contributed by atoms with Crippen molar-refractivity contribution in [2.45, 2.75) is 13.3 Å². The molecule has 2 aliphatic heterocycles. The van der Waals surface area contributed by atoms with Crippen LogP contribution in [0.3, 0.4) is 0 Å². The predicted octanol–water partition coefficient (Wildman–Crippen LogP) is 2.25. The van der Waals surface area contributed by atoms with Crippen molar-refractivity contribution in [2.24, 2.45) is 11.1 Å². The molecule has 0 aromatic rings. The molecule has 0 amide bonds. The van der Waals surface area contributed by atoms with Crippen LogP contribution in [0.5, 0.6) is 0 Å². The van der Waals surface area contributed by atoms with E-state index in [0.29, 0.717) is 12.5 Å². The second kappa shape index (κ2) is 6.71. The fraction of sp³-hybridized carbons (Fsp3) is 0.583. The van der Waals surface area contributed by atoms with Gasteiger partial charge in [0.05, 0.1) is 5.71 Å². The Morgan fingerprint density at radius 1 is 1.50 bits per heavy atom. The SMILES string of the molecule is CC=CC=CCON=C1CN2CCC1C2.Cl. The Bertz CT molecular complexity index is 299. The van der Waals surface area contributed by atoms with Crippen molar-refractivity contribution in [3.63, 3.8) is 0 Å². The third-order valence-electron chi connectivity index (χ3n) is 2.92. The van der Waals surface area contributed by atoms with E-state index in [1.54, 1.807) is 0 Å². The van der Waals surface area contributed by atoms with Gasteiger partial charge in [-0.2, -0.15) is 0 Å². The van der Waals surface area contributed by atoms with Gasteiger partial charge in [0.25, 0.3) is 0 Å². The molecule has 16 heavy (non-hydrogen) atoms. The summed E-state index contributed by atoms with van der Waals surface area (Å²) in [6.45, 7) is 6.01. The number of nitrogens with zero attached hydrogens (tertiary/aromatic N) is 2. The van der Waals surface area contributed by atoms with E-state index in [-0.39, 0.29) is 12.4 Å². The van der Waals surface area contributed by atoms with Gasteiger partial charge in [-0.1, -0.05) is 23.4 Å². The Kier molecular flexibility index (Phi) is 5.56. The molecule has 0 aliphatic carbocycles. The minimum atomic E-state index is 0. The maximum Gasteiger partial charge on any atom is 0.135 e. The van der Waals surface area contributed by atoms with Crippen LogP contribution < -0.4 is 0 Å². The summed E-state index contributed by atoms with van der Waals surface area (Å²) in [7, 11) is 0. The third-order valence-corrected chi connectivity index (χ3v) is 2.92. The van der Waals surface area contributed by atoms with Crippen LogP contribution in [-0.2, 0) is 4.84 Å². The van der Waals surface area contributed by atoms with Gasteiger partial charge in [-0.15, -0.1) is 12.4 Å². The molecule has 90 valence electrons. The van der Waals surface area contributed by atoms with E-state index in [1.165, 1.54) is 25.2 Å². The molecule has 0 N–H and O–H groups in total. The molecule has 2 unspecified atom stereocenters. The minimum absolute atomic E-state index is 0. The maximum absolute atomic E-state index is 5.26. The number of hydrogen-bond acceptors (Lipinski definition) is 3. The van der Waals surface area contributed by atoms with Crippen molar-refractivity contribution in [3.8, 4) is 0 Å². The molecule has 2 bridgehead atoms. The molecule has 2 atom stereocenters. The van der Waals surface area contributed by atoms with Gasteiger partial charge in [0, 0.05) is 19.0 Å². The molecular formula is C12H19ClN2O. The number of fused-ring (bicyclic) bond motifs is 2. The molecular weight excluding hydrogens is 224 g/mol. The lowest BCUT2D eigenvalue weighted by molar-refractivity contribution is 0.172. The molecule has 2 rings (SSSR count). The summed E-state index contributed by atoms with van der Waals surface area (Å²) in [5.41, 5.74) is 1.24. The smallest absolute Gasteiger partial charge is 0.135 e. The highest BCUT2D eigenvalue weighted by Gasteiger charge is 2.35. The third kappa shape index (κ3) is 3.35. The largest absolute Gasteiger partial charge is 0.392 e. The fourth-order valence-electron chi connectivity index (χ4n) is 2.12. The summed E-state index contributed by atoms with van der Waals surface area (Å²) in [6, 6.07) is 0. The zero-order valence-electron chi connectivity index (χ0n) is 9.63. The summed E-state index contributed by atoms with van der Waals surface area (Å²) in [5, 5.41) is 4.20. The number of allylic oxidation sites excluding steroid dienone is 3. The lowest BCUT2D eigenvalue weighted by atomic mass is 10.0. The highest BCUT2D eigenvalue weighted by atomic mass is 35.5. The van der Waals surface area contributed by atoms with Crippen LogP contribution in [0.1, 0.15) is 13.3 Å². The first-order valence-electron chi connectivity index (χ1n) is 5.59. The van der Waals surface area contributed by atoms with E-state index in [1.807, 2.05) is 31.2 Å². The summed E-state index contributed by atoms with van der Waals surface area (Å²) < 4.78 is 0. The first-order chi connectivity index (χ1) is 7.40. The zero-order valence-corrected chi connectivity index (χ0v) is 10.4. The summed E-state index contributed by atoms with van der Waals surface area (Å²) >= 11 is 0. The Hall–Kier alpha value is -0.800. The van der Waals surface area contributed by atoms with Gasteiger partial charge in [0.1, 0.15) is 6.61 Å². The second-order valence-electron chi connectivity index (χ2n) is 4.05. The van der Waals surface area contributed by atoms with Gasteiger partial charge in [-0.05, 0) is 26.0 Å². The first kappa shape index (κ1) is 13.3.